The zero-order valence-corrected chi connectivity index (χ0v) is 9.89. The zero-order valence-electron chi connectivity index (χ0n) is 9.89. The first-order valence-corrected chi connectivity index (χ1v) is 5.74. The smallest absolute Gasteiger partial charge is 0.159 e. The van der Waals surface area contributed by atoms with Gasteiger partial charge in [-0.15, -0.1) is 0 Å². The first-order chi connectivity index (χ1) is 7.59. The molecule has 0 radical (unpaired) electrons. The second kappa shape index (κ2) is 6.59. The van der Waals surface area contributed by atoms with Crippen molar-refractivity contribution in [1.29, 1.82) is 0 Å². The number of hydrogen-bond acceptors (Lipinski definition) is 1. The van der Waals surface area contributed by atoms with Crippen LogP contribution in [0.1, 0.15) is 32.3 Å². The van der Waals surface area contributed by atoms with Crippen LogP contribution in [0.15, 0.2) is 18.2 Å². The molecule has 0 aliphatic rings. The molecule has 0 unspecified atom stereocenters. The molecule has 0 spiro atoms. The van der Waals surface area contributed by atoms with Crippen molar-refractivity contribution in [2.75, 3.05) is 6.54 Å². The minimum Gasteiger partial charge on any atom is -0.313 e. The largest absolute Gasteiger partial charge is 0.313 e. The molecule has 1 nitrogen and oxygen atoms in total. The van der Waals surface area contributed by atoms with Crippen LogP contribution in [-0.4, -0.2) is 6.54 Å². The maximum Gasteiger partial charge on any atom is 0.159 e. The quantitative estimate of drug-likeness (QED) is 0.733. The third-order valence-corrected chi connectivity index (χ3v) is 2.45. The first-order valence-electron chi connectivity index (χ1n) is 5.74. The third-order valence-electron chi connectivity index (χ3n) is 2.45. The lowest BCUT2D eigenvalue weighted by Crippen LogP contribution is -2.15. The van der Waals surface area contributed by atoms with Crippen molar-refractivity contribution < 1.29 is 8.78 Å². The minimum atomic E-state index is -0.788. The Hall–Kier alpha value is -0.960. The Morgan fingerprint density at radius 3 is 2.56 bits per heavy atom. The molecule has 3 heteroatoms. The fraction of sp³-hybridized carbons (Fsp3) is 0.538. The van der Waals surface area contributed by atoms with Crippen molar-refractivity contribution in [3.8, 4) is 0 Å². The standard InChI is InChI=1S/C13H19F2N/c1-10(2)4-3-7-16-9-11-5-6-12(14)13(15)8-11/h5-6,8,10,16H,3-4,7,9H2,1-2H3. The topological polar surface area (TPSA) is 12.0 Å². The van der Waals surface area contributed by atoms with E-state index in [0.717, 1.165) is 18.5 Å². The molecule has 0 aliphatic heterocycles. The maximum absolute atomic E-state index is 12.9. The highest BCUT2D eigenvalue weighted by Gasteiger charge is 2.01. The van der Waals surface area contributed by atoms with Gasteiger partial charge in [-0.2, -0.15) is 0 Å². The molecule has 0 fully saturated rings. The van der Waals surface area contributed by atoms with Crippen molar-refractivity contribution in [2.45, 2.75) is 33.2 Å². The number of nitrogens with one attached hydrogen (secondary N) is 1. The minimum absolute atomic E-state index is 0.593. The van der Waals surface area contributed by atoms with Crippen LogP contribution in [0.2, 0.25) is 0 Å². The van der Waals surface area contributed by atoms with Gasteiger partial charge < -0.3 is 5.32 Å². The van der Waals surface area contributed by atoms with E-state index in [9.17, 15) is 8.78 Å². The van der Waals surface area contributed by atoms with Gasteiger partial charge in [0.1, 0.15) is 0 Å². The lowest BCUT2D eigenvalue weighted by atomic mass is 10.1. The number of rotatable bonds is 6. The van der Waals surface area contributed by atoms with Gasteiger partial charge in [0.2, 0.25) is 0 Å². The molecular weight excluding hydrogens is 208 g/mol. The van der Waals surface area contributed by atoms with E-state index in [4.69, 9.17) is 0 Å². The van der Waals surface area contributed by atoms with E-state index >= 15 is 0 Å². The summed E-state index contributed by atoms with van der Waals surface area (Å²) in [6.45, 7) is 5.89. The molecule has 0 saturated carbocycles. The molecule has 0 bridgehead atoms. The highest BCUT2D eigenvalue weighted by atomic mass is 19.2. The van der Waals surface area contributed by atoms with E-state index < -0.39 is 11.6 Å². The highest BCUT2D eigenvalue weighted by Crippen LogP contribution is 2.08. The molecule has 1 N–H and O–H groups in total. The van der Waals surface area contributed by atoms with Crippen LogP contribution in [0.25, 0.3) is 0 Å². The maximum atomic E-state index is 12.9. The normalized spacial score (nSPS) is 11.1. The van der Waals surface area contributed by atoms with Crippen molar-refractivity contribution in [2.24, 2.45) is 5.92 Å². The summed E-state index contributed by atoms with van der Waals surface area (Å²) in [5.41, 5.74) is 0.781. The van der Waals surface area contributed by atoms with Gasteiger partial charge in [0.15, 0.2) is 11.6 Å². The Morgan fingerprint density at radius 1 is 1.19 bits per heavy atom. The summed E-state index contributed by atoms with van der Waals surface area (Å²) in [5.74, 6) is -0.852. The summed E-state index contributed by atoms with van der Waals surface area (Å²) in [5, 5.41) is 3.21. The van der Waals surface area contributed by atoms with Crippen LogP contribution in [-0.2, 0) is 6.54 Å². The molecule has 1 rings (SSSR count). The van der Waals surface area contributed by atoms with Crippen molar-refractivity contribution in [3.63, 3.8) is 0 Å². The Labute approximate surface area is 95.9 Å². The number of halogens is 2. The fourth-order valence-electron chi connectivity index (χ4n) is 1.52. The van der Waals surface area contributed by atoms with Gasteiger partial charge in [-0.3, -0.25) is 0 Å². The second-order valence-corrected chi connectivity index (χ2v) is 4.46. The number of hydrogen-bond donors (Lipinski definition) is 1. The molecule has 0 amide bonds. The van der Waals surface area contributed by atoms with Gasteiger partial charge in [0, 0.05) is 6.54 Å². The Kier molecular flexibility index (Phi) is 5.39. The lowest BCUT2D eigenvalue weighted by Gasteiger charge is -2.07. The average molecular weight is 227 g/mol. The van der Waals surface area contributed by atoms with Gasteiger partial charge >= 0.3 is 0 Å². The van der Waals surface area contributed by atoms with E-state index in [0.29, 0.717) is 12.5 Å². The summed E-state index contributed by atoms with van der Waals surface area (Å²) < 4.78 is 25.5. The monoisotopic (exact) mass is 227 g/mol. The molecule has 16 heavy (non-hydrogen) atoms. The molecule has 0 aromatic heterocycles. The zero-order chi connectivity index (χ0) is 12.0. The van der Waals surface area contributed by atoms with Crippen LogP contribution >= 0.6 is 0 Å². The molecule has 0 atom stereocenters. The summed E-state index contributed by atoms with van der Waals surface area (Å²) in [6.07, 6.45) is 2.30. The van der Waals surface area contributed by atoms with E-state index in [1.165, 1.54) is 18.6 Å². The van der Waals surface area contributed by atoms with Gasteiger partial charge in [0.25, 0.3) is 0 Å². The lowest BCUT2D eigenvalue weighted by molar-refractivity contribution is 0.503. The molecule has 90 valence electrons. The van der Waals surface area contributed by atoms with E-state index in [1.54, 1.807) is 6.07 Å². The van der Waals surface area contributed by atoms with Crippen molar-refractivity contribution >= 4 is 0 Å². The van der Waals surface area contributed by atoms with Gasteiger partial charge in [-0.25, -0.2) is 8.78 Å². The fourth-order valence-corrected chi connectivity index (χ4v) is 1.52. The van der Waals surface area contributed by atoms with E-state index in [2.05, 4.69) is 19.2 Å². The predicted molar refractivity (Wildman–Crippen MR) is 62.1 cm³/mol. The molecular formula is C13H19F2N. The van der Waals surface area contributed by atoms with E-state index in [-0.39, 0.29) is 0 Å². The summed E-state index contributed by atoms with van der Waals surface area (Å²) >= 11 is 0. The van der Waals surface area contributed by atoms with Crippen LogP contribution in [0.5, 0.6) is 0 Å². The van der Waals surface area contributed by atoms with Crippen LogP contribution in [0.4, 0.5) is 8.78 Å². The Bertz CT molecular complexity index is 324. The van der Waals surface area contributed by atoms with Gasteiger partial charge in [-0.05, 0) is 43.0 Å². The molecule has 0 saturated heterocycles. The first kappa shape index (κ1) is 13.1. The van der Waals surface area contributed by atoms with E-state index in [1.807, 2.05) is 0 Å². The van der Waals surface area contributed by atoms with Crippen molar-refractivity contribution in [3.05, 3.63) is 35.4 Å². The van der Waals surface area contributed by atoms with Gasteiger partial charge in [0.05, 0.1) is 0 Å². The highest BCUT2D eigenvalue weighted by molar-refractivity contribution is 5.17. The second-order valence-electron chi connectivity index (χ2n) is 4.46. The third kappa shape index (κ3) is 4.71. The predicted octanol–water partition coefficient (Wildman–Crippen LogP) is 3.49. The van der Waals surface area contributed by atoms with Gasteiger partial charge in [-0.1, -0.05) is 19.9 Å². The van der Waals surface area contributed by atoms with Crippen LogP contribution in [0.3, 0.4) is 0 Å². The summed E-state index contributed by atoms with van der Waals surface area (Å²) in [4.78, 5) is 0. The Morgan fingerprint density at radius 2 is 1.94 bits per heavy atom. The molecule has 0 heterocycles. The van der Waals surface area contributed by atoms with Crippen molar-refractivity contribution in [1.82, 2.24) is 5.32 Å². The number of benzene rings is 1. The summed E-state index contributed by atoms with van der Waals surface area (Å²) in [6, 6.07) is 4.01. The molecule has 1 aromatic rings. The Balaban J connectivity index is 2.24. The molecule has 0 aliphatic carbocycles. The molecule has 1 aromatic carbocycles. The van der Waals surface area contributed by atoms with Crippen LogP contribution < -0.4 is 5.32 Å². The van der Waals surface area contributed by atoms with Crippen LogP contribution in [0, 0.1) is 17.6 Å². The SMILES string of the molecule is CC(C)CCCNCc1ccc(F)c(F)c1. The summed E-state index contributed by atoms with van der Waals surface area (Å²) in [7, 11) is 0. The average Bonchev–Trinajstić information content (AvgIpc) is 2.22.